The van der Waals surface area contributed by atoms with Crippen LogP contribution in [-0.2, 0) is 36.3 Å². The molecule has 1 fully saturated rings. The van der Waals surface area contributed by atoms with Crippen molar-refractivity contribution in [3.05, 3.63) is 33.1 Å². The summed E-state index contributed by atoms with van der Waals surface area (Å²) in [5.41, 5.74) is -3.53. The van der Waals surface area contributed by atoms with Crippen LogP contribution < -0.4 is 11.2 Å². The Kier molecular flexibility index (Phi) is 7.92. The molecule has 1 aromatic rings. The molecule has 1 aliphatic rings. The van der Waals surface area contributed by atoms with Crippen molar-refractivity contribution >= 4 is 23.5 Å². The zero-order valence-electron chi connectivity index (χ0n) is 16.6. The van der Waals surface area contributed by atoms with Gasteiger partial charge in [0.05, 0.1) is 6.10 Å². The van der Waals surface area contributed by atoms with Gasteiger partial charge in [-0.2, -0.15) is 8.62 Å². The van der Waals surface area contributed by atoms with Gasteiger partial charge in [-0.25, -0.2) is 18.5 Å². The third-order valence-electron chi connectivity index (χ3n) is 4.47. The molecule has 1 aromatic heterocycles. The van der Waals surface area contributed by atoms with Crippen LogP contribution in [0.25, 0.3) is 0 Å². The normalized spacial score (nSPS) is 31.1. The monoisotopic (exact) mass is 526 g/mol. The predicted molar refractivity (Wildman–Crippen MR) is 101 cm³/mol. The summed E-state index contributed by atoms with van der Waals surface area (Å²) < 4.78 is 58.0. The minimum absolute atomic E-state index is 0.706. The molecule has 7 unspecified atom stereocenters. The molecule has 20 heteroatoms. The molecular formula is C12H21N2O15P3. The summed E-state index contributed by atoms with van der Waals surface area (Å²) in [5, 5.41) is 10.7. The summed E-state index contributed by atoms with van der Waals surface area (Å²) in [6, 6.07) is 0.995. The van der Waals surface area contributed by atoms with Gasteiger partial charge in [-0.1, -0.05) is 0 Å². The summed E-state index contributed by atoms with van der Waals surface area (Å²) in [7, 11) is -15.7. The van der Waals surface area contributed by atoms with E-state index < -0.39 is 64.9 Å². The Balaban J connectivity index is 2.28. The van der Waals surface area contributed by atoms with E-state index in [0.717, 1.165) is 23.8 Å². The average Bonchev–Trinajstić information content (AvgIpc) is 2.83. The lowest BCUT2D eigenvalue weighted by Crippen LogP contribution is -2.49. The van der Waals surface area contributed by atoms with E-state index in [1.165, 1.54) is 14.0 Å². The third-order valence-corrected chi connectivity index (χ3v) is 8.38. The van der Waals surface area contributed by atoms with Gasteiger partial charge in [0.25, 0.3) is 5.56 Å². The number of aliphatic hydroxyl groups is 1. The first-order valence-electron chi connectivity index (χ1n) is 8.43. The van der Waals surface area contributed by atoms with Gasteiger partial charge in [0.15, 0.2) is 6.23 Å². The molecule has 0 amide bonds. The average molecular weight is 526 g/mol. The highest BCUT2D eigenvalue weighted by Gasteiger charge is 2.58. The molecular weight excluding hydrogens is 505 g/mol. The molecule has 6 N–H and O–H groups in total. The van der Waals surface area contributed by atoms with Gasteiger partial charge in [0.1, 0.15) is 17.8 Å². The number of nitrogens with one attached hydrogen (secondary N) is 1. The van der Waals surface area contributed by atoms with Crippen LogP contribution in [0.3, 0.4) is 0 Å². The molecule has 1 aliphatic heterocycles. The molecule has 7 atom stereocenters. The number of hydrogen-bond acceptors (Lipinski definition) is 11. The highest BCUT2D eigenvalue weighted by molar-refractivity contribution is 7.66. The molecule has 0 aliphatic carbocycles. The first kappa shape index (κ1) is 27.2. The minimum Gasteiger partial charge on any atom is -0.387 e. The Morgan fingerprint density at radius 2 is 1.75 bits per heavy atom. The Labute approximate surface area is 179 Å². The van der Waals surface area contributed by atoms with E-state index in [1.54, 1.807) is 0 Å². The van der Waals surface area contributed by atoms with Crippen LogP contribution in [0.5, 0.6) is 0 Å². The zero-order chi connectivity index (χ0) is 24.7. The van der Waals surface area contributed by atoms with Crippen LogP contribution in [-0.4, -0.2) is 65.3 Å². The second-order valence-electron chi connectivity index (χ2n) is 6.69. The number of aromatic amines is 1. The van der Waals surface area contributed by atoms with E-state index >= 15 is 0 Å². The number of phosphoric ester groups is 1. The van der Waals surface area contributed by atoms with E-state index in [0.29, 0.717) is 0 Å². The van der Waals surface area contributed by atoms with Gasteiger partial charge in [0.2, 0.25) is 0 Å². The quantitative estimate of drug-likeness (QED) is 0.210. The molecule has 2 heterocycles. The summed E-state index contributed by atoms with van der Waals surface area (Å²) in [6.45, 7) is 2.28. The Bertz CT molecular complexity index is 1100. The fourth-order valence-corrected chi connectivity index (χ4v) is 6.18. The lowest BCUT2D eigenvalue weighted by Gasteiger charge is -2.34. The second-order valence-corrected chi connectivity index (χ2v) is 11.1. The smallest absolute Gasteiger partial charge is 0.387 e. The van der Waals surface area contributed by atoms with Crippen LogP contribution in [0.4, 0.5) is 0 Å². The van der Waals surface area contributed by atoms with Gasteiger partial charge in [0, 0.05) is 19.4 Å². The van der Waals surface area contributed by atoms with Crippen LogP contribution >= 0.6 is 23.5 Å². The Hall–Kier alpha value is -1.03. The molecule has 0 radical (unpaired) electrons. The fraction of sp³-hybridized carbons (Fsp3) is 0.667. The summed E-state index contributed by atoms with van der Waals surface area (Å²) >= 11 is 0. The van der Waals surface area contributed by atoms with Crippen molar-refractivity contribution < 1.29 is 61.0 Å². The maximum Gasteiger partial charge on any atom is 0.490 e. The Morgan fingerprint density at radius 1 is 1.16 bits per heavy atom. The van der Waals surface area contributed by atoms with Crippen LogP contribution in [0, 0.1) is 0 Å². The lowest BCUT2D eigenvalue weighted by atomic mass is 9.92. The van der Waals surface area contributed by atoms with Crippen molar-refractivity contribution in [3.8, 4) is 0 Å². The molecule has 32 heavy (non-hydrogen) atoms. The molecule has 2 rings (SSSR count). The van der Waals surface area contributed by atoms with Crippen molar-refractivity contribution in [2.45, 2.75) is 44.0 Å². The molecule has 17 nitrogen and oxygen atoms in total. The maximum absolute atomic E-state index is 12.1. The van der Waals surface area contributed by atoms with Gasteiger partial charge >= 0.3 is 29.2 Å². The summed E-state index contributed by atoms with van der Waals surface area (Å²) in [4.78, 5) is 61.5. The standard InChI is InChI=1S/C12H21N2O15P3/c1-6(27-31(21,22)29-32(23,24)28-30(18,19)20)12(2)9(16)8(25-3)10(26-12)14-5-4-7(15)13-11(14)17/h4-6,8-10,16H,1-3H3,(H,21,22)(H,23,24)(H,13,15,17)(H2,18,19,20). The van der Waals surface area contributed by atoms with E-state index in [2.05, 4.69) is 8.62 Å². The number of methoxy groups -OCH3 is 1. The SMILES string of the molecule is COC1C(n2ccc(=O)[nH]c2=O)OC(C)(C(C)OP(=O)(O)OP(=O)(O)OP(=O)(O)O)C1O. The molecule has 184 valence electrons. The van der Waals surface area contributed by atoms with Crippen LogP contribution in [0.2, 0.25) is 0 Å². The molecule has 1 saturated heterocycles. The van der Waals surface area contributed by atoms with Crippen molar-refractivity contribution in [3.63, 3.8) is 0 Å². The van der Waals surface area contributed by atoms with Crippen LogP contribution in [0.15, 0.2) is 21.9 Å². The van der Waals surface area contributed by atoms with Crippen molar-refractivity contribution in [1.29, 1.82) is 0 Å². The highest BCUT2D eigenvalue weighted by Crippen LogP contribution is 2.67. The third kappa shape index (κ3) is 6.30. The highest BCUT2D eigenvalue weighted by atomic mass is 31.3. The predicted octanol–water partition coefficient (Wildman–Crippen LogP) is -1.07. The number of aliphatic hydroxyl groups excluding tert-OH is 1. The van der Waals surface area contributed by atoms with Gasteiger partial charge in [-0.05, 0) is 13.8 Å². The second kappa shape index (κ2) is 9.31. The number of H-pyrrole nitrogens is 1. The van der Waals surface area contributed by atoms with E-state index in [9.17, 15) is 38.2 Å². The topological polar surface area (TPSA) is 253 Å². The number of rotatable bonds is 9. The van der Waals surface area contributed by atoms with Crippen molar-refractivity contribution in [1.82, 2.24) is 9.55 Å². The Morgan fingerprint density at radius 3 is 2.25 bits per heavy atom. The van der Waals surface area contributed by atoms with Crippen LogP contribution in [0.1, 0.15) is 20.1 Å². The maximum atomic E-state index is 12.1. The zero-order valence-corrected chi connectivity index (χ0v) is 19.3. The summed E-state index contributed by atoms with van der Waals surface area (Å²) in [6.07, 6.45) is -4.79. The fourth-order valence-electron chi connectivity index (χ4n) is 2.91. The molecule has 0 spiro atoms. The van der Waals surface area contributed by atoms with E-state index in [4.69, 9.17) is 23.8 Å². The van der Waals surface area contributed by atoms with Crippen molar-refractivity contribution in [2.75, 3.05) is 7.11 Å². The van der Waals surface area contributed by atoms with Gasteiger partial charge in [-0.3, -0.25) is 18.9 Å². The number of hydrogen-bond donors (Lipinski definition) is 6. The lowest BCUT2D eigenvalue weighted by molar-refractivity contribution is -0.144. The number of nitrogens with zero attached hydrogens (tertiary/aromatic N) is 1. The molecule has 0 aromatic carbocycles. The van der Waals surface area contributed by atoms with Gasteiger partial charge < -0.3 is 34.2 Å². The van der Waals surface area contributed by atoms with Crippen molar-refractivity contribution in [2.24, 2.45) is 0 Å². The summed E-state index contributed by atoms with van der Waals surface area (Å²) in [5.74, 6) is 0. The van der Waals surface area contributed by atoms with E-state index in [-0.39, 0.29) is 0 Å². The largest absolute Gasteiger partial charge is 0.490 e. The minimum atomic E-state index is -5.76. The number of phosphoric acid groups is 3. The first-order chi connectivity index (χ1) is 14.4. The molecule has 0 bridgehead atoms. The van der Waals surface area contributed by atoms with E-state index in [1.807, 2.05) is 4.98 Å². The first-order valence-corrected chi connectivity index (χ1v) is 13.0. The number of aromatic nitrogens is 2. The van der Waals surface area contributed by atoms with Gasteiger partial charge in [-0.15, -0.1) is 0 Å². The molecule has 0 saturated carbocycles. The number of ether oxygens (including phenoxy) is 2.